The van der Waals surface area contributed by atoms with Gasteiger partial charge in [0.1, 0.15) is 23.1 Å². The van der Waals surface area contributed by atoms with E-state index in [1.54, 1.807) is 13.0 Å². The monoisotopic (exact) mass is 327 g/mol. The maximum atomic E-state index is 13.7. The van der Waals surface area contributed by atoms with Crippen LogP contribution < -0.4 is 10.5 Å². The molecule has 2 aromatic carbocycles. The fourth-order valence-corrected chi connectivity index (χ4v) is 2.07. The topological polar surface area (TPSA) is 35.2 Å². The van der Waals surface area contributed by atoms with Gasteiger partial charge in [-0.1, -0.05) is 6.07 Å². The maximum absolute atomic E-state index is 13.7. The second-order valence-electron chi connectivity index (χ2n) is 4.12. The van der Waals surface area contributed by atoms with E-state index in [0.717, 1.165) is 0 Å². The molecule has 2 aromatic rings. The van der Waals surface area contributed by atoms with Crippen LogP contribution in [0.5, 0.6) is 11.5 Å². The molecule has 1 atom stereocenters. The summed E-state index contributed by atoms with van der Waals surface area (Å²) in [5, 5.41) is 0. The Morgan fingerprint density at radius 3 is 2.53 bits per heavy atom. The van der Waals surface area contributed by atoms with E-state index in [1.807, 2.05) is 0 Å². The van der Waals surface area contributed by atoms with E-state index >= 15 is 0 Å². The summed E-state index contributed by atoms with van der Waals surface area (Å²) in [6.07, 6.45) is 0. The molecule has 0 spiro atoms. The predicted molar refractivity (Wildman–Crippen MR) is 73.2 cm³/mol. The Morgan fingerprint density at radius 1 is 1.16 bits per heavy atom. The van der Waals surface area contributed by atoms with Crippen LogP contribution in [0.2, 0.25) is 0 Å². The Hall–Kier alpha value is -1.46. The number of hydrogen-bond acceptors (Lipinski definition) is 2. The third-order valence-electron chi connectivity index (χ3n) is 2.59. The normalized spacial score (nSPS) is 12.3. The quantitative estimate of drug-likeness (QED) is 0.898. The van der Waals surface area contributed by atoms with Gasteiger partial charge in [0.05, 0.1) is 4.47 Å². The minimum absolute atomic E-state index is 0.281. The summed E-state index contributed by atoms with van der Waals surface area (Å²) in [5.41, 5.74) is 6.03. The SMILES string of the molecule is C[C@H](N)c1c(F)cccc1Oc1ccc(F)c(Br)c1. The van der Waals surface area contributed by atoms with Gasteiger partial charge in [-0.05, 0) is 53.2 Å². The summed E-state index contributed by atoms with van der Waals surface area (Å²) in [7, 11) is 0. The third kappa shape index (κ3) is 3.11. The first-order valence-corrected chi connectivity index (χ1v) is 6.45. The lowest BCUT2D eigenvalue weighted by Gasteiger charge is -2.14. The Balaban J connectivity index is 2.38. The number of hydrogen-bond donors (Lipinski definition) is 1. The predicted octanol–water partition coefficient (Wildman–Crippen LogP) is 4.54. The summed E-state index contributed by atoms with van der Waals surface area (Å²) in [6, 6.07) is 8.20. The summed E-state index contributed by atoms with van der Waals surface area (Å²) < 4.78 is 32.7. The number of halogens is 3. The molecule has 0 bridgehead atoms. The molecule has 100 valence electrons. The molecule has 0 saturated carbocycles. The molecule has 2 nitrogen and oxygen atoms in total. The summed E-state index contributed by atoms with van der Waals surface area (Å²) in [4.78, 5) is 0. The van der Waals surface area contributed by atoms with Crippen molar-refractivity contribution >= 4 is 15.9 Å². The average molecular weight is 328 g/mol. The van der Waals surface area contributed by atoms with E-state index < -0.39 is 11.9 Å². The first-order valence-electron chi connectivity index (χ1n) is 5.66. The summed E-state index contributed by atoms with van der Waals surface area (Å²) in [5.74, 6) is -0.0815. The Bertz CT molecular complexity index is 602. The Morgan fingerprint density at radius 2 is 1.89 bits per heavy atom. The fraction of sp³-hybridized carbons (Fsp3) is 0.143. The van der Waals surface area contributed by atoms with Crippen LogP contribution in [0.1, 0.15) is 18.5 Å². The van der Waals surface area contributed by atoms with Crippen LogP contribution >= 0.6 is 15.9 Å². The van der Waals surface area contributed by atoms with Crippen LogP contribution in [0.25, 0.3) is 0 Å². The van der Waals surface area contributed by atoms with Gasteiger partial charge in [0.25, 0.3) is 0 Å². The zero-order valence-corrected chi connectivity index (χ0v) is 11.7. The van der Waals surface area contributed by atoms with Crippen molar-refractivity contribution in [2.75, 3.05) is 0 Å². The number of nitrogens with two attached hydrogens (primary N) is 1. The molecule has 0 aliphatic heterocycles. The van der Waals surface area contributed by atoms with Crippen LogP contribution in [-0.4, -0.2) is 0 Å². The van der Waals surface area contributed by atoms with Crippen molar-refractivity contribution in [2.45, 2.75) is 13.0 Å². The first kappa shape index (κ1) is 14.0. The van der Waals surface area contributed by atoms with Crippen LogP contribution in [0.3, 0.4) is 0 Å². The van der Waals surface area contributed by atoms with Crippen LogP contribution in [0.15, 0.2) is 40.9 Å². The lowest BCUT2D eigenvalue weighted by Crippen LogP contribution is -2.09. The highest BCUT2D eigenvalue weighted by Gasteiger charge is 2.14. The fourth-order valence-electron chi connectivity index (χ4n) is 1.72. The molecule has 0 amide bonds. The van der Waals surface area contributed by atoms with E-state index in [9.17, 15) is 8.78 Å². The maximum Gasteiger partial charge on any atom is 0.137 e. The van der Waals surface area contributed by atoms with Crippen molar-refractivity contribution in [3.8, 4) is 11.5 Å². The number of rotatable bonds is 3. The molecule has 0 unspecified atom stereocenters. The van der Waals surface area contributed by atoms with Crippen molar-refractivity contribution in [1.82, 2.24) is 0 Å². The second kappa shape index (κ2) is 5.67. The van der Waals surface area contributed by atoms with Gasteiger partial charge in [-0.25, -0.2) is 8.78 Å². The van der Waals surface area contributed by atoms with E-state index in [4.69, 9.17) is 10.5 Å². The van der Waals surface area contributed by atoms with E-state index in [0.29, 0.717) is 17.1 Å². The number of ether oxygens (including phenoxy) is 1. The molecule has 0 aliphatic carbocycles. The summed E-state index contributed by atoms with van der Waals surface area (Å²) in [6.45, 7) is 1.67. The minimum Gasteiger partial charge on any atom is -0.457 e. The molecule has 5 heteroatoms. The van der Waals surface area contributed by atoms with E-state index in [2.05, 4.69) is 15.9 Å². The molecule has 0 aromatic heterocycles. The van der Waals surface area contributed by atoms with E-state index in [-0.39, 0.29) is 10.3 Å². The molecular formula is C14H12BrF2NO. The first-order chi connectivity index (χ1) is 8.99. The largest absolute Gasteiger partial charge is 0.457 e. The van der Waals surface area contributed by atoms with Crippen LogP contribution in [0.4, 0.5) is 8.78 Å². The molecular weight excluding hydrogens is 316 g/mol. The second-order valence-corrected chi connectivity index (χ2v) is 4.97. The highest BCUT2D eigenvalue weighted by atomic mass is 79.9. The van der Waals surface area contributed by atoms with Crippen molar-refractivity contribution in [2.24, 2.45) is 5.73 Å². The van der Waals surface area contributed by atoms with Gasteiger partial charge in [0.15, 0.2) is 0 Å². The standard InChI is InChI=1S/C14H12BrF2NO/c1-8(18)14-12(17)3-2-4-13(14)19-9-5-6-11(16)10(15)7-9/h2-8H,18H2,1H3/t8-/m0/s1. The van der Waals surface area contributed by atoms with Crippen LogP contribution in [-0.2, 0) is 0 Å². The lowest BCUT2D eigenvalue weighted by molar-refractivity contribution is 0.459. The zero-order chi connectivity index (χ0) is 14.0. The van der Waals surface area contributed by atoms with Gasteiger partial charge in [-0.2, -0.15) is 0 Å². The average Bonchev–Trinajstić information content (AvgIpc) is 2.33. The van der Waals surface area contributed by atoms with E-state index in [1.165, 1.54) is 30.3 Å². The highest BCUT2D eigenvalue weighted by molar-refractivity contribution is 9.10. The van der Waals surface area contributed by atoms with Crippen molar-refractivity contribution in [1.29, 1.82) is 0 Å². The number of benzene rings is 2. The van der Waals surface area contributed by atoms with Gasteiger partial charge >= 0.3 is 0 Å². The van der Waals surface area contributed by atoms with Gasteiger partial charge in [-0.3, -0.25) is 0 Å². The zero-order valence-electron chi connectivity index (χ0n) is 10.2. The molecule has 0 saturated heterocycles. The third-order valence-corrected chi connectivity index (χ3v) is 3.19. The van der Waals surface area contributed by atoms with Gasteiger partial charge in [0, 0.05) is 11.6 Å². The molecule has 19 heavy (non-hydrogen) atoms. The molecule has 0 fully saturated rings. The smallest absolute Gasteiger partial charge is 0.137 e. The lowest BCUT2D eigenvalue weighted by atomic mass is 10.1. The van der Waals surface area contributed by atoms with Gasteiger partial charge in [-0.15, -0.1) is 0 Å². The van der Waals surface area contributed by atoms with Crippen molar-refractivity contribution < 1.29 is 13.5 Å². The molecule has 2 rings (SSSR count). The molecule has 0 radical (unpaired) electrons. The Kier molecular flexibility index (Phi) is 4.17. The highest BCUT2D eigenvalue weighted by Crippen LogP contribution is 2.32. The van der Waals surface area contributed by atoms with Crippen molar-refractivity contribution in [3.05, 3.63) is 58.1 Å². The Labute approximate surface area is 118 Å². The summed E-state index contributed by atoms with van der Waals surface area (Å²) >= 11 is 3.07. The minimum atomic E-state index is -0.500. The van der Waals surface area contributed by atoms with Crippen molar-refractivity contribution in [3.63, 3.8) is 0 Å². The van der Waals surface area contributed by atoms with Gasteiger partial charge in [0.2, 0.25) is 0 Å². The molecule has 0 aliphatic rings. The van der Waals surface area contributed by atoms with Crippen LogP contribution in [0, 0.1) is 11.6 Å². The molecule has 2 N–H and O–H groups in total. The van der Waals surface area contributed by atoms with Gasteiger partial charge < -0.3 is 10.5 Å². The molecule has 0 heterocycles.